The average Bonchev–Trinajstić information content (AvgIpc) is 3.32. The van der Waals surface area contributed by atoms with E-state index in [0.717, 1.165) is 0 Å². The smallest absolute Gasteiger partial charge is 0.291 e. The molecule has 0 aliphatic heterocycles. The fourth-order valence-corrected chi connectivity index (χ4v) is 2.73. The SMILES string of the molecule is CC(c1ccco1)N(C)C(=O)c1ccc(NC(=O)c2ccc(Br)o2)cc1. The highest BCUT2D eigenvalue weighted by molar-refractivity contribution is 9.10. The average molecular weight is 417 g/mol. The van der Waals surface area contributed by atoms with Crippen molar-refractivity contribution in [2.45, 2.75) is 13.0 Å². The van der Waals surface area contributed by atoms with Gasteiger partial charge in [-0.1, -0.05) is 0 Å². The lowest BCUT2D eigenvalue weighted by atomic mass is 10.1. The zero-order valence-electron chi connectivity index (χ0n) is 14.2. The Morgan fingerprint density at radius 3 is 2.42 bits per heavy atom. The van der Waals surface area contributed by atoms with Crippen LogP contribution >= 0.6 is 15.9 Å². The van der Waals surface area contributed by atoms with Crippen LogP contribution in [-0.2, 0) is 0 Å². The van der Waals surface area contributed by atoms with Crippen molar-refractivity contribution >= 4 is 33.4 Å². The van der Waals surface area contributed by atoms with Gasteiger partial charge in [-0.2, -0.15) is 0 Å². The molecule has 0 aliphatic carbocycles. The number of rotatable bonds is 5. The van der Waals surface area contributed by atoms with Crippen LogP contribution in [0.25, 0.3) is 0 Å². The maximum Gasteiger partial charge on any atom is 0.291 e. The molecule has 1 N–H and O–H groups in total. The molecule has 2 heterocycles. The summed E-state index contributed by atoms with van der Waals surface area (Å²) in [4.78, 5) is 26.3. The van der Waals surface area contributed by atoms with E-state index in [1.165, 1.54) is 0 Å². The fourth-order valence-electron chi connectivity index (χ4n) is 2.42. The monoisotopic (exact) mass is 416 g/mol. The Labute approximate surface area is 158 Å². The van der Waals surface area contributed by atoms with Gasteiger partial charge in [0.25, 0.3) is 11.8 Å². The Hall–Kier alpha value is -2.80. The molecule has 2 aromatic heterocycles. The van der Waals surface area contributed by atoms with Crippen molar-refractivity contribution in [3.8, 4) is 0 Å². The van der Waals surface area contributed by atoms with Crippen LogP contribution < -0.4 is 5.32 Å². The molecule has 1 unspecified atom stereocenters. The summed E-state index contributed by atoms with van der Waals surface area (Å²) in [6.45, 7) is 1.90. The van der Waals surface area contributed by atoms with Crippen LogP contribution in [0.1, 0.15) is 39.6 Å². The quantitative estimate of drug-likeness (QED) is 0.652. The third-order valence-electron chi connectivity index (χ3n) is 4.04. The Morgan fingerprint density at radius 2 is 1.85 bits per heavy atom. The molecule has 6 nitrogen and oxygen atoms in total. The molecule has 1 aromatic carbocycles. The highest BCUT2D eigenvalue weighted by atomic mass is 79.9. The second-order valence-electron chi connectivity index (χ2n) is 5.74. The highest BCUT2D eigenvalue weighted by Gasteiger charge is 2.20. The van der Waals surface area contributed by atoms with Gasteiger partial charge in [-0.05, 0) is 71.4 Å². The van der Waals surface area contributed by atoms with E-state index in [2.05, 4.69) is 21.2 Å². The third kappa shape index (κ3) is 3.88. The molecule has 134 valence electrons. The van der Waals surface area contributed by atoms with Crippen molar-refractivity contribution in [2.24, 2.45) is 0 Å². The molecule has 1 atom stereocenters. The van der Waals surface area contributed by atoms with Gasteiger partial charge in [-0.3, -0.25) is 9.59 Å². The van der Waals surface area contributed by atoms with E-state index in [9.17, 15) is 9.59 Å². The molecule has 0 saturated heterocycles. The van der Waals surface area contributed by atoms with E-state index in [-0.39, 0.29) is 23.6 Å². The molecular formula is C19H17BrN2O4. The Bertz CT molecular complexity index is 900. The van der Waals surface area contributed by atoms with Gasteiger partial charge in [0.05, 0.1) is 12.3 Å². The summed E-state index contributed by atoms with van der Waals surface area (Å²) in [6.07, 6.45) is 1.58. The Balaban J connectivity index is 1.67. The second-order valence-corrected chi connectivity index (χ2v) is 6.52. The van der Waals surface area contributed by atoms with Gasteiger partial charge in [0, 0.05) is 18.3 Å². The minimum atomic E-state index is -0.363. The number of nitrogens with one attached hydrogen (secondary N) is 1. The summed E-state index contributed by atoms with van der Waals surface area (Å²) < 4.78 is 11.0. The molecule has 26 heavy (non-hydrogen) atoms. The zero-order chi connectivity index (χ0) is 18.7. The van der Waals surface area contributed by atoms with Crippen LogP contribution in [0.15, 0.2) is 68.3 Å². The molecular weight excluding hydrogens is 400 g/mol. The maximum atomic E-state index is 12.6. The van der Waals surface area contributed by atoms with Crippen LogP contribution in [0.5, 0.6) is 0 Å². The summed E-state index contributed by atoms with van der Waals surface area (Å²) in [5.41, 5.74) is 1.09. The third-order valence-corrected chi connectivity index (χ3v) is 4.47. The van der Waals surface area contributed by atoms with E-state index < -0.39 is 0 Å². The van der Waals surface area contributed by atoms with E-state index in [1.54, 1.807) is 60.7 Å². The largest absolute Gasteiger partial charge is 0.467 e. The number of anilines is 1. The van der Waals surface area contributed by atoms with Crippen molar-refractivity contribution in [1.82, 2.24) is 4.90 Å². The molecule has 0 bridgehead atoms. The number of carbonyl (C=O) groups is 2. The van der Waals surface area contributed by atoms with E-state index >= 15 is 0 Å². The van der Waals surface area contributed by atoms with Crippen LogP contribution in [0.2, 0.25) is 0 Å². The Kier molecular flexibility index (Phi) is 5.27. The molecule has 0 radical (unpaired) electrons. The van der Waals surface area contributed by atoms with E-state index in [1.807, 2.05) is 13.0 Å². The number of halogens is 1. The number of nitrogens with zero attached hydrogens (tertiary/aromatic N) is 1. The number of amides is 2. The van der Waals surface area contributed by atoms with Gasteiger partial charge in [-0.25, -0.2) is 0 Å². The van der Waals surface area contributed by atoms with Gasteiger partial charge in [0.1, 0.15) is 5.76 Å². The predicted octanol–water partition coefficient (Wildman–Crippen LogP) is 4.72. The van der Waals surface area contributed by atoms with Crippen molar-refractivity contribution in [3.63, 3.8) is 0 Å². The van der Waals surface area contributed by atoms with Crippen LogP contribution in [0, 0.1) is 0 Å². The van der Waals surface area contributed by atoms with Gasteiger partial charge < -0.3 is 19.1 Å². The lowest BCUT2D eigenvalue weighted by Gasteiger charge is -2.23. The minimum absolute atomic E-state index is 0.137. The van der Waals surface area contributed by atoms with Crippen molar-refractivity contribution in [3.05, 3.63) is 76.5 Å². The number of carbonyl (C=O) groups excluding carboxylic acids is 2. The first kappa shape index (κ1) is 18.0. The van der Waals surface area contributed by atoms with Crippen molar-refractivity contribution < 1.29 is 18.4 Å². The molecule has 0 aliphatic rings. The lowest BCUT2D eigenvalue weighted by molar-refractivity contribution is 0.0726. The molecule has 3 aromatic rings. The first-order valence-electron chi connectivity index (χ1n) is 7.93. The van der Waals surface area contributed by atoms with E-state index in [4.69, 9.17) is 8.83 Å². The van der Waals surface area contributed by atoms with Gasteiger partial charge in [0.15, 0.2) is 10.4 Å². The highest BCUT2D eigenvalue weighted by Crippen LogP contribution is 2.22. The number of hydrogen-bond acceptors (Lipinski definition) is 4. The summed E-state index contributed by atoms with van der Waals surface area (Å²) in [5, 5.41) is 2.72. The first-order chi connectivity index (χ1) is 12.5. The zero-order valence-corrected chi connectivity index (χ0v) is 15.8. The standard InChI is InChI=1S/C19H17BrN2O4/c1-12(15-4-3-11-25-15)22(2)19(24)13-5-7-14(8-6-13)21-18(23)16-9-10-17(20)26-16/h3-12H,1-2H3,(H,21,23). The summed E-state index contributed by atoms with van der Waals surface area (Å²) in [7, 11) is 1.72. The molecule has 0 fully saturated rings. The fraction of sp³-hybridized carbons (Fsp3) is 0.158. The van der Waals surface area contributed by atoms with E-state index in [0.29, 0.717) is 21.7 Å². The van der Waals surface area contributed by atoms with Crippen molar-refractivity contribution in [1.29, 1.82) is 0 Å². The maximum absolute atomic E-state index is 12.6. The summed E-state index contributed by atoms with van der Waals surface area (Å²) >= 11 is 3.16. The predicted molar refractivity (Wildman–Crippen MR) is 100 cm³/mol. The first-order valence-corrected chi connectivity index (χ1v) is 8.72. The number of benzene rings is 1. The molecule has 0 spiro atoms. The Morgan fingerprint density at radius 1 is 1.12 bits per heavy atom. The number of hydrogen-bond donors (Lipinski definition) is 1. The second kappa shape index (κ2) is 7.61. The summed E-state index contributed by atoms with van der Waals surface area (Å²) in [6, 6.07) is 13.3. The molecule has 0 saturated carbocycles. The van der Waals surface area contributed by atoms with Gasteiger partial charge >= 0.3 is 0 Å². The topological polar surface area (TPSA) is 75.7 Å². The molecule has 2 amide bonds. The summed E-state index contributed by atoms with van der Waals surface area (Å²) in [5.74, 6) is 0.415. The van der Waals surface area contributed by atoms with Crippen molar-refractivity contribution in [2.75, 3.05) is 12.4 Å². The van der Waals surface area contributed by atoms with Gasteiger partial charge in [0.2, 0.25) is 0 Å². The minimum Gasteiger partial charge on any atom is -0.467 e. The molecule has 3 rings (SSSR count). The van der Waals surface area contributed by atoms with Crippen LogP contribution in [0.4, 0.5) is 5.69 Å². The normalized spacial score (nSPS) is 11.8. The number of furan rings is 2. The van der Waals surface area contributed by atoms with Crippen LogP contribution in [-0.4, -0.2) is 23.8 Å². The van der Waals surface area contributed by atoms with Gasteiger partial charge in [-0.15, -0.1) is 0 Å². The van der Waals surface area contributed by atoms with Crippen LogP contribution in [0.3, 0.4) is 0 Å². The lowest BCUT2D eigenvalue weighted by Crippen LogP contribution is -2.29. The molecule has 7 heteroatoms.